The summed E-state index contributed by atoms with van der Waals surface area (Å²) in [4.78, 5) is 10.9. The normalized spacial score (nSPS) is 19.8. The number of aromatic nitrogens is 2. The van der Waals surface area contributed by atoms with Crippen LogP contribution >= 0.6 is 0 Å². The van der Waals surface area contributed by atoms with Crippen molar-refractivity contribution in [2.75, 3.05) is 23.3 Å². The molecule has 2 N–H and O–H groups in total. The molecule has 2 atom stereocenters. The fraction of sp³-hybridized carbons (Fsp3) is 0.333. The van der Waals surface area contributed by atoms with Crippen molar-refractivity contribution < 1.29 is 8.81 Å². The lowest BCUT2D eigenvalue weighted by Crippen LogP contribution is -2.54. The number of anilines is 2. The molecule has 2 unspecified atom stereocenters. The molecule has 0 amide bonds. The number of nitrogens with zero attached hydrogens (tertiary/aromatic N) is 3. The molecule has 1 fully saturated rings. The predicted octanol–water partition coefficient (Wildman–Crippen LogP) is 3.94. The fourth-order valence-electron chi connectivity index (χ4n) is 3.68. The zero-order valence-corrected chi connectivity index (χ0v) is 16.3. The van der Waals surface area contributed by atoms with Crippen molar-refractivity contribution in [1.82, 2.24) is 15.3 Å². The number of halogens is 1. The van der Waals surface area contributed by atoms with E-state index in [1.165, 1.54) is 6.07 Å². The largest absolute Gasteiger partial charge is 0.441 e. The van der Waals surface area contributed by atoms with Crippen molar-refractivity contribution in [2.45, 2.75) is 32.9 Å². The van der Waals surface area contributed by atoms with Gasteiger partial charge in [-0.25, -0.2) is 14.4 Å². The van der Waals surface area contributed by atoms with E-state index in [9.17, 15) is 4.39 Å². The lowest BCUT2D eigenvalue weighted by atomic mass is 10.1. The molecule has 0 saturated carbocycles. The number of piperazine rings is 1. The van der Waals surface area contributed by atoms with Crippen molar-refractivity contribution in [3.63, 3.8) is 0 Å². The zero-order valence-electron chi connectivity index (χ0n) is 16.3. The highest BCUT2D eigenvalue weighted by atomic mass is 19.1. The van der Waals surface area contributed by atoms with E-state index in [0.717, 1.165) is 24.5 Å². The van der Waals surface area contributed by atoms with Crippen LogP contribution in [0.3, 0.4) is 0 Å². The van der Waals surface area contributed by atoms with E-state index in [4.69, 9.17) is 4.42 Å². The van der Waals surface area contributed by atoms with Crippen molar-refractivity contribution in [1.29, 1.82) is 0 Å². The maximum atomic E-state index is 14.2. The van der Waals surface area contributed by atoms with Gasteiger partial charge in [0.2, 0.25) is 0 Å². The number of hydrogen-bond acceptors (Lipinski definition) is 6. The molecule has 1 aliphatic rings. The second-order valence-electron chi connectivity index (χ2n) is 7.42. The predicted molar refractivity (Wildman–Crippen MR) is 110 cm³/mol. The molecule has 3 aromatic rings. The summed E-state index contributed by atoms with van der Waals surface area (Å²) in [6.07, 6.45) is 1.79. The van der Waals surface area contributed by atoms with Gasteiger partial charge in [0.25, 0.3) is 0 Å². The maximum Gasteiger partial charge on any atom is 0.192 e. The number of benzene rings is 1. The lowest BCUT2D eigenvalue weighted by Gasteiger charge is -2.36. The highest BCUT2D eigenvalue weighted by molar-refractivity contribution is 5.82. The third-order valence-electron chi connectivity index (χ3n) is 4.83. The quantitative estimate of drug-likeness (QED) is 0.714. The fourth-order valence-corrected chi connectivity index (χ4v) is 3.68. The second-order valence-corrected chi connectivity index (χ2v) is 7.42. The molecule has 0 bridgehead atoms. The van der Waals surface area contributed by atoms with E-state index in [1.807, 2.05) is 12.1 Å². The summed E-state index contributed by atoms with van der Waals surface area (Å²) in [6.45, 7) is 11.9. The summed E-state index contributed by atoms with van der Waals surface area (Å²) >= 11 is 0. The smallest absolute Gasteiger partial charge is 0.192 e. The monoisotopic (exact) mass is 381 g/mol. The topological polar surface area (TPSA) is 66.2 Å². The molecule has 0 spiro atoms. The van der Waals surface area contributed by atoms with Gasteiger partial charge in [-0.05, 0) is 32.0 Å². The third kappa shape index (κ3) is 3.71. The Kier molecular flexibility index (Phi) is 4.77. The molecular weight excluding hydrogens is 357 g/mol. The van der Waals surface area contributed by atoms with Gasteiger partial charge in [0.05, 0.1) is 0 Å². The number of nitrogens with one attached hydrogen (secondary N) is 2. The van der Waals surface area contributed by atoms with Crippen LogP contribution in [0.15, 0.2) is 41.5 Å². The minimum atomic E-state index is -0.430. The standard InChI is InChI=1S/C21H24FN5O/c1-12-10-27(11-13(2)24-12)20-6-5-16(9-23-20)14(3)25-17-7-18(22)21-19(8-17)28-15(4)26-21/h5-9,12-13,24-25H,3,10-11H2,1-2,4H3. The first-order valence-corrected chi connectivity index (χ1v) is 9.39. The average molecular weight is 381 g/mol. The third-order valence-corrected chi connectivity index (χ3v) is 4.83. The molecule has 3 heterocycles. The van der Waals surface area contributed by atoms with Gasteiger partial charge in [-0.3, -0.25) is 0 Å². The Morgan fingerprint density at radius 2 is 2.04 bits per heavy atom. The van der Waals surface area contributed by atoms with Gasteiger partial charge in [-0.2, -0.15) is 0 Å². The molecule has 7 heteroatoms. The van der Waals surface area contributed by atoms with E-state index in [1.54, 1.807) is 19.2 Å². The minimum Gasteiger partial charge on any atom is -0.441 e. The SMILES string of the molecule is C=C(Nc1cc(F)c2nc(C)oc2c1)c1ccc(N2CC(C)NC(C)C2)nc1. The Hall–Kier alpha value is -2.93. The first kappa shape index (κ1) is 18.4. The lowest BCUT2D eigenvalue weighted by molar-refractivity contribution is 0.405. The molecule has 0 radical (unpaired) electrons. The van der Waals surface area contributed by atoms with Gasteiger partial charge in [0.1, 0.15) is 11.3 Å². The highest BCUT2D eigenvalue weighted by Gasteiger charge is 2.21. The molecular formula is C21H24FN5O. The molecule has 1 aliphatic heterocycles. The van der Waals surface area contributed by atoms with E-state index in [-0.39, 0.29) is 5.52 Å². The number of fused-ring (bicyclic) bond motifs is 1. The number of rotatable bonds is 4. The van der Waals surface area contributed by atoms with E-state index in [2.05, 4.69) is 45.9 Å². The first-order chi connectivity index (χ1) is 13.4. The summed E-state index contributed by atoms with van der Waals surface area (Å²) in [5, 5.41) is 6.65. The Labute approximate surface area is 163 Å². The van der Waals surface area contributed by atoms with E-state index >= 15 is 0 Å². The van der Waals surface area contributed by atoms with Crippen LogP contribution in [-0.4, -0.2) is 35.1 Å². The van der Waals surface area contributed by atoms with Gasteiger partial charge in [-0.15, -0.1) is 0 Å². The van der Waals surface area contributed by atoms with Crippen molar-refractivity contribution in [3.05, 3.63) is 54.3 Å². The Morgan fingerprint density at radius 3 is 2.71 bits per heavy atom. The molecule has 0 aliphatic carbocycles. The van der Waals surface area contributed by atoms with Crippen LogP contribution in [0.25, 0.3) is 16.8 Å². The summed E-state index contributed by atoms with van der Waals surface area (Å²) in [5.41, 5.74) is 2.67. The van der Waals surface area contributed by atoms with Gasteiger partial charge < -0.3 is 20.0 Å². The van der Waals surface area contributed by atoms with Crippen LogP contribution in [0.2, 0.25) is 0 Å². The van der Waals surface area contributed by atoms with Crippen molar-refractivity contribution >= 4 is 28.3 Å². The van der Waals surface area contributed by atoms with Crippen LogP contribution in [0.5, 0.6) is 0 Å². The molecule has 1 aromatic carbocycles. The average Bonchev–Trinajstić information content (AvgIpc) is 3.02. The zero-order chi connectivity index (χ0) is 19.8. The Bertz CT molecular complexity index is 1000. The molecule has 6 nitrogen and oxygen atoms in total. The maximum absolute atomic E-state index is 14.2. The number of aryl methyl sites for hydroxylation is 1. The number of pyridine rings is 1. The van der Waals surface area contributed by atoms with Crippen LogP contribution < -0.4 is 15.5 Å². The van der Waals surface area contributed by atoms with Gasteiger partial charge in [-0.1, -0.05) is 6.58 Å². The summed E-state index contributed by atoms with van der Waals surface area (Å²) in [7, 11) is 0. The van der Waals surface area contributed by atoms with Gasteiger partial charge in [0.15, 0.2) is 17.3 Å². The van der Waals surface area contributed by atoms with Crippen molar-refractivity contribution in [2.24, 2.45) is 0 Å². The molecule has 146 valence electrons. The van der Waals surface area contributed by atoms with E-state index < -0.39 is 5.82 Å². The van der Waals surface area contributed by atoms with Crippen LogP contribution in [0.1, 0.15) is 25.3 Å². The van der Waals surface area contributed by atoms with Crippen LogP contribution in [0, 0.1) is 12.7 Å². The number of hydrogen-bond donors (Lipinski definition) is 2. The first-order valence-electron chi connectivity index (χ1n) is 9.39. The minimum absolute atomic E-state index is 0.235. The number of oxazole rings is 1. The molecule has 1 saturated heterocycles. The molecule has 2 aromatic heterocycles. The highest BCUT2D eigenvalue weighted by Crippen LogP contribution is 2.26. The molecule has 28 heavy (non-hydrogen) atoms. The van der Waals surface area contributed by atoms with Crippen molar-refractivity contribution in [3.8, 4) is 0 Å². The van der Waals surface area contributed by atoms with E-state index in [0.29, 0.717) is 34.9 Å². The van der Waals surface area contributed by atoms with Crippen LogP contribution in [-0.2, 0) is 0 Å². The molecule has 4 rings (SSSR count). The summed E-state index contributed by atoms with van der Waals surface area (Å²) in [5.74, 6) is 0.947. The second kappa shape index (κ2) is 7.24. The Morgan fingerprint density at radius 1 is 1.29 bits per heavy atom. The summed E-state index contributed by atoms with van der Waals surface area (Å²) in [6, 6.07) is 7.92. The van der Waals surface area contributed by atoms with Crippen LogP contribution in [0.4, 0.5) is 15.9 Å². The van der Waals surface area contributed by atoms with Gasteiger partial charge in [0, 0.05) is 61.3 Å². The van der Waals surface area contributed by atoms with Gasteiger partial charge >= 0.3 is 0 Å². The Balaban J connectivity index is 1.49. The summed E-state index contributed by atoms with van der Waals surface area (Å²) < 4.78 is 19.7.